The molecule has 2 aromatic rings. The molecule has 0 fully saturated rings. The maximum absolute atomic E-state index is 12.7. The highest BCUT2D eigenvalue weighted by molar-refractivity contribution is 5.93. The van der Waals surface area contributed by atoms with E-state index in [0.29, 0.717) is 23.7 Å². The fourth-order valence-electron chi connectivity index (χ4n) is 3.58. The second-order valence-corrected chi connectivity index (χ2v) is 6.48. The minimum atomic E-state index is -0.127. The van der Waals surface area contributed by atoms with Crippen LogP contribution < -0.4 is 14.8 Å². The molecule has 5 nitrogen and oxygen atoms in total. The molecule has 1 amide bonds. The Bertz CT molecular complexity index is 857. The lowest BCUT2D eigenvalue weighted by atomic mass is 10.1. The predicted molar refractivity (Wildman–Crippen MR) is 106 cm³/mol. The van der Waals surface area contributed by atoms with E-state index in [1.54, 1.807) is 32.4 Å². The van der Waals surface area contributed by atoms with E-state index in [-0.39, 0.29) is 18.5 Å². The van der Waals surface area contributed by atoms with Crippen LogP contribution in [-0.2, 0) is 11.2 Å². The first-order valence-electron chi connectivity index (χ1n) is 8.93. The highest BCUT2D eigenvalue weighted by atomic mass is 16.5. The zero-order valence-electron chi connectivity index (χ0n) is 15.7. The van der Waals surface area contributed by atoms with Gasteiger partial charge in [-0.15, -0.1) is 6.42 Å². The molecule has 0 spiro atoms. The third kappa shape index (κ3) is 4.24. The van der Waals surface area contributed by atoms with Gasteiger partial charge in [0, 0.05) is 12.1 Å². The number of hydrogen-bond acceptors (Lipinski definition) is 4. The number of ether oxygens (including phenoxy) is 2. The van der Waals surface area contributed by atoms with Crippen LogP contribution in [0.3, 0.4) is 0 Å². The highest BCUT2D eigenvalue weighted by Crippen LogP contribution is 2.35. The molecular formula is C22H24N2O3. The van der Waals surface area contributed by atoms with Gasteiger partial charge in [-0.2, -0.15) is 0 Å². The summed E-state index contributed by atoms with van der Waals surface area (Å²) in [6, 6.07) is 13.8. The van der Waals surface area contributed by atoms with Gasteiger partial charge >= 0.3 is 0 Å². The Morgan fingerprint density at radius 1 is 1.26 bits per heavy atom. The molecule has 0 aliphatic heterocycles. The van der Waals surface area contributed by atoms with Gasteiger partial charge in [0.05, 0.1) is 33.0 Å². The molecule has 0 saturated heterocycles. The molecule has 0 saturated carbocycles. The summed E-state index contributed by atoms with van der Waals surface area (Å²) in [5.74, 6) is 3.78. The number of rotatable bonds is 7. The van der Waals surface area contributed by atoms with Crippen LogP contribution in [-0.4, -0.2) is 38.1 Å². The minimum Gasteiger partial charge on any atom is -0.497 e. The topological polar surface area (TPSA) is 50.8 Å². The number of benzene rings is 2. The Morgan fingerprint density at radius 3 is 2.81 bits per heavy atom. The van der Waals surface area contributed by atoms with Gasteiger partial charge in [0.15, 0.2) is 0 Å². The van der Waals surface area contributed by atoms with Crippen molar-refractivity contribution in [3.05, 3.63) is 53.6 Å². The molecule has 0 radical (unpaired) electrons. The number of nitrogens with zero attached hydrogens (tertiary/aromatic N) is 1. The van der Waals surface area contributed by atoms with Crippen LogP contribution >= 0.6 is 0 Å². The van der Waals surface area contributed by atoms with Gasteiger partial charge in [-0.25, -0.2) is 0 Å². The first kappa shape index (κ1) is 18.8. The van der Waals surface area contributed by atoms with Gasteiger partial charge in [-0.3, -0.25) is 9.69 Å². The molecule has 1 atom stereocenters. The van der Waals surface area contributed by atoms with E-state index in [4.69, 9.17) is 15.9 Å². The number of carbonyl (C=O) groups excluding carboxylic acids is 1. The van der Waals surface area contributed by atoms with Crippen molar-refractivity contribution in [3.8, 4) is 23.8 Å². The fourth-order valence-corrected chi connectivity index (χ4v) is 3.58. The van der Waals surface area contributed by atoms with Crippen molar-refractivity contribution < 1.29 is 14.3 Å². The molecule has 0 heterocycles. The number of carbonyl (C=O) groups is 1. The maximum Gasteiger partial charge on any atom is 0.238 e. The summed E-state index contributed by atoms with van der Waals surface area (Å²) in [7, 11) is 3.15. The third-order valence-corrected chi connectivity index (χ3v) is 4.87. The molecule has 0 aromatic heterocycles. The Hall–Kier alpha value is -2.97. The van der Waals surface area contributed by atoms with E-state index in [0.717, 1.165) is 12.8 Å². The molecule has 1 aliphatic carbocycles. The average molecular weight is 364 g/mol. The largest absolute Gasteiger partial charge is 0.497 e. The summed E-state index contributed by atoms with van der Waals surface area (Å²) in [5, 5.41) is 2.92. The summed E-state index contributed by atoms with van der Waals surface area (Å²) in [4.78, 5) is 14.7. The summed E-state index contributed by atoms with van der Waals surface area (Å²) < 4.78 is 10.5. The van der Waals surface area contributed by atoms with Crippen molar-refractivity contribution in [3.63, 3.8) is 0 Å². The summed E-state index contributed by atoms with van der Waals surface area (Å²) in [5.41, 5.74) is 3.21. The van der Waals surface area contributed by atoms with Crippen molar-refractivity contribution in [1.29, 1.82) is 0 Å². The van der Waals surface area contributed by atoms with Crippen LogP contribution in [0.15, 0.2) is 42.5 Å². The van der Waals surface area contributed by atoms with Crippen LogP contribution in [0, 0.1) is 12.3 Å². The van der Waals surface area contributed by atoms with E-state index < -0.39 is 0 Å². The van der Waals surface area contributed by atoms with Gasteiger partial charge < -0.3 is 14.8 Å². The molecule has 1 N–H and O–H groups in total. The van der Waals surface area contributed by atoms with E-state index in [2.05, 4.69) is 34.3 Å². The number of terminal acetylenes is 1. The van der Waals surface area contributed by atoms with Crippen LogP contribution in [0.4, 0.5) is 5.69 Å². The third-order valence-electron chi connectivity index (χ3n) is 4.87. The molecule has 5 heteroatoms. The van der Waals surface area contributed by atoms with E-state index >= 15 is 0 Å². The Balaban J connectivity index is 1.73. The molecular weight excluding hydrogens is 340 g/mol. The lowest BCUT2D eigenvalue weighted by Gasteiger charge is -2.27. The van der Waals surface area contributed by atoms with Crippen molar-refractivity contribution in [1.82, 2.24) is 4.90 Å². The summed E-state index contributed by atoms with van der Waals surface area (Å²) in [6.07, 6.45) is 7.55. The SMILES string of the molecule is C#CCN(CC(=O)Nc1ccc(OC)cc1OC)C1CCc2ccccc21. The predicted octanol–water partition coefficient (Wildman–Crippen LogP) is 3.27. The number of aryl methyl sites for hydroxylation is 1. The highest BCUT2D eigenvalue weighted by Gasteiger charge is 2.28. The van der Waals surface area contributed by atoms with Gasteiger partial charge in [-0.1, -0.05) is 30.2 Å². The fraction of sp³-hybridized carbons (Fsp3) is 0.318. The van der Waals surface area contributed by atoms with E-state index in [1.807, 2.05) is 6.07 Å². The average Bonchev–Trinajstić information content (AvgIpc) is 3.12. The Morgan fingerprint density at radius 2 is 2.07 bits per heavy atom. The first-order chi connectivity index (χ1) is 13.2. The van der Waals surface area contributed by atoms with Crippen molar-refractivity contribution in [2.75, 3.05) is 32.6 Å². The van der Waals surface area contributed by atoms with Crippen molar-refractivity contribution in [2.24, 2.45) is 0 Å². The molecule has 3 rings (SSSR count). The second kappa shape index (κ2) is 8.61. The monoisotopic (exact) mass is 364 g/mol. The molecule has 1 unspecified atom stereocenters. The van der Waals surface area contributed by atoms with Crippen LogP contribution in [0.1, 0.15) is 23.6 Å². The minimum absolute atomic E-state index is 0.127. The van der Waals surface area contributed by atoms with E-state index in [9.17, 15) is 4.79 Å². The van der Waals surface area contributed by atoms with E-state index in [1.165, 1.54) is 11.1 Å². The standard InChI is InChI=1S/C22H24N2O3/c1-4-13-24(20-12-9-16-7-5-6-8-18(16)20)15-22(25)23-19-11-10-17(26-2)14-21(19)27-3/h1,5-8,10-11,14,20H,9,12-13,15H2,2-3H3,(H,23,25). The lowest BCUT2D eigenvalue weighted by molar-refractivity contribution is -0.117. The van der Waals surface area contributed by atoms with Crippen molar-refractivity contribution in [2.45, 2.75) is 18.9 Å². The smallest absolute Gasteiger partial charge is 0.238 e. The number of anilines is 1. The number of nitrogens with one attached hydrogen (secondary N) is 1. The molecule has 1 aliphatic rings. The first-order valence-corrected chi connectivity index (χ1v) is 8.93. The zero-order valence-corrected chi connectivity index (χ0v) is 15.7. The zero-order chi connectivity index (χ0) is 19.2. The van der Waals surface area contributed by atoms with Crippen LogP contribution in [0.2, 0.25) is 0 Å². The van der Waals surface area contributed by atoms with Gasteiger partial charge in [-0.05, 0) is 36.1 Å². The number of methoxy groups -OCH3 is 2. The maximum atomic E-state index is 12.7. The lowest BCUT2D eigenvalue weighted by Crippen LogP contribution is -2.36. The summed E-state index contributed by atoms with van der Waals surface area (Å²) >= 11 is 0. The van der Waals surface area contributed by atoms with Gasteiger partial charge in [0.1, 0.15) is 11.5 Å². The number of hydrogen-bond donors (Lipinski definition) is 1. The molecule has 27 heavy (non-hydrogen) atoms. The van der Waals surface area contributed by atoms with Gasteiger partial charge in [0.25, 0.3) is 0 Å². The molecule has 0 bridgehead atoms. The normalized spacial score (nSPS) is 15.1. The molecule has 2 aromatic carbocycles. The summed E-state index contributed by atoms with van der Waals surface area (Å²) in [6.45, 7) is 0.643. The number of fused-ring (bicyclic) bond motifs is 1. The molecule has 140 valence electrons. The van der Waals surface area contributed by atoms with Crippen LogP contribution in [0.5, 0.6) is 11.5 Å². The van der Waals surface area contributed by atoms with Crippen LogP contribution in [0.25, 0.3) is 0 Å². The number of amides is 1. The van der Waals surface area contributed by atoms with Crippen molar-refractivity contribution >= 4 is 11.6 Å². The quantitative estimate of drug-likeness (QED) is 0.766. The van der Waals surface area contributed by atoms with Gasteiger partial charge in [0.2, 0.25) is 5.91 Å². The second-order valence-electron chi connectivity index (χ2n) is 6.48. The Labute approximate surface area is 160 Å². The Kier molecular flexibility index (Phi) is 6.00.